The average Bonchev–Trinajstić information content (AvgIpc) is 2.93. The predicted molar refractivity (Wildman–Crippen MR) is 85.3 cm³/mol. The van der Waals surface area contributed by atoms with Crippen LogP contribution in [0.5, 0.6) is 0 Å². The number of carbonyl (C=O) groups excluding carboxylic acids is 1. The topological polar surface area (TPSA) is 54.1 Å². The van der Waals surface area contributed by atoms with Gasteiger partial charge in [-0.15, -0.1) is 0 Å². The van der Waals surface area contributed by atoms with Gasteiger partial charge >= 0.3 is 5.97 Å². The molecular weight excluding hydrogens is 264 g/mol. The summed E-state index contributed by atoms with van der Waals surface area (Å²) < 4.78 is 4.95. The summed E-state index contributed by atoms with van der Waals surface area (Å²) in [6.07, 6.45) is 4.61. The molecule has 1 aromatic carbocycles. The van der Waals surface area contributed by atoms with E-state index in [1.165, 1.54) is 7.11 Å². The number of esters is 1. The number of nitrogens with one attached hydrogen (secondary N) is 2. The fourth-order valence-corrected chi connectivity index (χ4v) is 2.68. The molecule has 0 aliphatic heterocycles. The molecule has 1 atom stereocenters. The molecule has 2 aromatic rings. The highest BCUT2D eigenvalue weighted by Crippen LogP contribution is 2.19. The monoisotopic (exact) mass is 288 g/mol. The maximum atomic E-state index is 12.0. The molecular formula is C17H24N2O2. The van der Waals surface area contributed by atoms with E-state index in [9.17, 15) is 4.79 Å². The number of aromatic amines is 1. The lowest BCUT2D eigenvalue weighted by atomic mass is 10.0. The molecule has 21 heavy (non-hydrogen) atoms. The van der Waals surface area contributed by atoms with E-state index >= 15 is 0 Å². The van der Waals surface area contributed by atoms with E-state index in [1.54, 1.807) is 0 Å². The highest BCUT2D eigenvalue weighted by atomic mass is 16.5. The third-order valence-electron chi connectivity index (χ3n) is 4.01. The van der Waals surface area contributed by atoms with Gasteiger partial charge in [-0.2, -0.15) is 0 Å². The molecule has 2 N–H and O–H groups in total. The summed E-state index contributed by atoms with van der Waals surface area (Å²) in [4.78, 5) is 15.3. The minimum absolute atomic E-state index is 0.202. The van der Waals surface area contributed by atoms with Crippen LogP contribution in [0.1, 0.15) is 32.3 Å². The fraction of sp³-hybridized carbons (Fsp3) is 0.471. The molecule has 1 unspecified atom stereocenters. The van der Waals surface area contributed by atoms with Gasteiger partial charge in [-0.1, -0.05) is 32.0 Å². The van der Waals surface area contributed by atoms with E-state index in [-0.39, 0.29) is 12.0 Å². The molecule has 0 saturated heterocycles. The Labute approximate surface area is 125 Å². The molecule has 0 amide bonds. The number of hydrogen-bond acceptors (Lipinski definition) is 3. The molecule has 1 heterocycles. The van der Waals surface area contributed by atoms with Crippen LogP contribution in [-0.4, -0.2) is 30.1 Å². The number of para-hydroxylation sites is 1. The number of carbonyl (C=O) groups is 1. The third-order valence-corrected chi connectivity index (χ3v) is 4.01. The zero-order valence-electron chi connectivity index (χ0n) is 13.0. The van der Waals surface area contributed by atoms with Crippen molar-refractivity contribution >= 4 is 16.9 Å². The Kier molecular flexibility index (Phi) is 5.39. The highest BCUT2D eigenvalue weighted by Gasteiger charge is 2.23. The zero-order chi connectivity index (χ0) is 15.2. The van der Waals surface area contributed by atoms with Crippen molar-refractivity contribution in [1.29, 1.82) is 0 Å². The van der Waals surface area contributed by atoms with E-state index in [4.69, 9.17) is 4.74 Å². The summed E-state index contributed by atoms with van der Waals surface area (Å²) in [5.74, 6) is -0.202. The van der Waals surface area contributed by atoms with Crippen LogP contribution in [0.4, 0.5) is 0 Å². The minimum atomic E-state index is -0.306. The van der Waals surface area contributed by atoms with Crippen LogP contribution >= 0.6 is 0 Å². The number of H-pyrrole nitrogens is 1. The maximum Gasteiger partial charge on any atom is 0.323 e. The number of benzene rings is 1. The molecule has 0 spiro atoms. The first kappa shape index (κ1) is 15.6. The normalized spacial score (nSPS) is 12.8. The Balaban J connectivity index is 2.20. The van der Waals surface area contributed by atoms with Crippen LogP contribution in [0.25, 0.3) is 10.9 Å². The molecule has 0 aliphatic rings. The van der Waals surface area contributed by atoms with E-state index in [0.29, 0.717) is 12.5 Å². The van der Waals surface area contributed by atoms with Gasteiger partial charge in [-0.3, -0.25) is 4.79 Å². The largest absolute Gasteiger partial charge is 0.468 e. The number of methoxy groups -OCH3 is 1. The number of rotatable bonds is 7. The minimum Gasteiger partial charge on any atom is -0.468 e. The quantitative estimate of drug-likeness (QED) is 0.770. The first-order chi connectivity index (χ1) is 10.2. The third kappa shape index (κ3) is 3.64. The molecule has 0 fully saturated rings. The Hall–Kier alpha value is -1.81. The van der Waals surface area contributed by atoms with Crippen LogP contribution in [0.15, 0.2) is 30.5 Å². The summed E-state index contributed by atoms with van der Waals surface area (Å²) in [6, 6.07) is 8.16. The lowest BCUT2D eigenvalue weighted by molar-refractivity contribution is -0.143. The average molecular weight is 288 g/mol. The lowest BCUT2D eigenvalue weighted by Gasteiger charge is -2.22. The Morgan fingerprint density at radius 2 is 2.00 bits per heavy atom. The van der Waals surface area contributed by atoms with Gasteiger partial charge in [-0.25, -0.2) is 0 Å². The van der Waals surface area contributed by atoms with Crippen molar-refractivity contribution in [3.05, 3.63) is 36.0 Å². The first-order valence-electron chi connectivity index (χ1n) is 7.58. The van der Waals surface area contributed by atoms with Crippen molar-refractivity contribution in [2.45, 2.75) is 45.2 Å². The predicted octanol–water partition coefficient (Wildman–Crippen LogP) is 3.03. The summed E-state index contributed by atoms with van der Waals surface area (Å²) in [5.41, 5.74) is 2.23. The number of fused-ring (bicyclic) bond motifs is 1. The molecule has 4 heteroatoms. The number of aromatic nitrogens is 1. The van der Waals surface area contributed by atoms with E-state index in [2.05, 4.69) is 30.2 Å². The fourth-order valence-electron chi connectivity index (χ4n) is 2.68. The second-order valence-electron chi connectivity index (χ2n) is 5.32. The van der Waals surface area contributed by atoms with Crippen molar-refractivity contribution in [1.82, 2.24) is 10.3 Å². The molecule has 0 radical (unpaired) electrons. The van der Waals surface area contributed by atoms with Crippen molar-refractivity contribution in [2.24, 2.45) is 0 Å². The van der Waals surface area contributed by atoms with Crippen LogP contribution in [0.3, 0.4) is 0 Å². The molecule has 0 aliphatic carbocycles. The SMILES string of the molecule is CCC(CC)NC(Cc1c[nH]c2ccccc12)C(=O)OC. The van der Waals surface area contributed by atoms with Gasteiger partial charge in [0.25, 0.3) is 0 Å². The van der Waals surface area contributed by atoms with Gasteiger partial charge in [-0.05, 0) is 24.5 Å². The second-order valence-corrected chi connectivity index (χ2v) is 5.32. The smallest absolute Gasteiger partial charge is 0.323 e. The summed E-state index contributed by atoms with van der Waals surface area (Å²) in [5, 5.41) is 4.58. The highest BCUT2D eigenvalue weighted by molar-refractivity contribution is 5.84. The maximum absolute atomic E-state index is 12.0. The summed E-state index contributed by atoms with van der Waals surface area (Å²) in [7, 11) is 1.44. The van der Waals surface area contributed by atoms with Crippen LogP contribution in [0, 0.1) is 0 Å². The zero-order valence-corrected chi connectivity index (χ0v) is 13.0. The standard InChI is InChI=1S/C17H24N2O2/c1-4-13(5-2)19-16(17(20)21-3)10-12-11-18-15-9-7-6-8-14(12)15/h6-9,11,13,16,18-19H,4-5,10H2,1-3H3. The van der Waals surface area contributed by atoms with Crippen molar-refractivity contribution in [3.63, 3.8) is 0 Å². The van der Waals surface area contributed by atoms with Gasteiger partial charge in [0.2, 0.25) is 0 Å². The van der Waals surface area contributed by atoms with E-state index in [0.717, 1.165) is 29.3 Å². The molecule has 0 saturated carbocycles. The Morgan fingerprint density at radius 1 is 1.29 bits per heavy atom. The summed E-state index contributed by atoms with van der Waals surface area (Å²) >= 11 is 0. The van der Waals surface area contributed by atoms with Crippen LogP contribution < -0.4 is 5.32 Å². The molecule has 0 bridgehead atoms. The first-order valence-corrected chi connectivity index (χ1v) is 7.58. The molecule has 114 valence electrons. The van der Waals surface area contributed by atoms with Gasteiger partial charge < -0.3 is 15.0 Å². The Bertz CT molecular complexity index is 587. The van der Waals surface area contributed by atoms with E-state index < -0.39 is 0 Å². The second kappa shape index (κ2) is 7.27. The molecule has 2 rings (SSSR count). The number of ether oxygens (including phenoxy) is 1. The van der Waals surface area contributed by atoms with Gasteiger partial charge in [0.15, 0.2) is 0 Å². The van der Waals surface area contributed by atoms with Crippen LogP contribution in [0.2, 0.25) is 0 Å². The van der Waals surface area contributed by atoms with Gasteiger partial charge in [0, 0.05) is 29.6 Å². The molecule has 4 nitrogen and oxygen atoms in total. The summed E-state index contributed by atoms with van der Waals surface area (Å²) in [6.45, 7) is 4.25. The van der Waals surface area contributed by atoms with Crippen molar-refractivity contribution < 1.29 is 9.53 Å². The van der Waals surface area contributed by atoms with Crippen molar-refractivity contribution in [3.8, 4) is 0 Å². The van der Waals surface area contributed by atoms with Gasteiger partial charge in [0.05, 0.1) is 7.11 Å². The van der Waals surface area contributed by atoms with Gasteiger partial charge in [0.1, 0.15) is 6.04 Å². The van der Waals surface area contributed by atoms with Crippen LogP contribution in [-0.2, 0) is 16.0 Å². The lowest BCUT2D eigenvalue weighted by Crippen LogP contribution is -2.44. The van der Waals surface area contributed by atoms with Crippen molar-refractivity contribution in [2.75, 3.05) is 7.11 Å². The number of hydrogen-bond donors (Lipinski definition) is 2. The Morgan fingerprint density at radius 3 is 2.67 bits per heavy atom. The van der Waals surface area contributed by atoms with E-state index in [1.807, 2.05) is 24.4 Å². The molecule has 1 aromatic heterocycles.